The third kappa shape index (κ3) is 4.97. The number of nitrogens with two attached hydrogens (primary N) is 1. The number of carbonyl (C=O) groups excluding carboxylic acids is 1. The fourth-order valence-corrected chi connectivity index (χ4v) is 3.54. The van der Waals surface area contributed by atoms with E-state index in [0.29, 0.717) is 22.9 Å². The lowest BCUT2D eigenvalue weighted by Crippen LogP contribution is -2.39. The Balaban J connectivity index is 1.64. The fraction of sp³-hybridized carbons (Fsp3) is 0.350. The average molecular weight is 413 g/mol. The van der Waals surface area contributed by atoms with Crippen molar-refractivity contribution in [1.29, 1.82) is 0 Å². The minimum atomic E-state index is -4.39. The predicted molar refractivity (Wildman–Crippen MR) is 99.9 cm³/mol. The summed E-state index contributed by atoms with van der Waals surface area (Å²) in [5.41, 5.74) is 5.97. The van der Waals surface area contributed by atoms with Gasteiger partial charge in [-0.25, -0.2) is 0 Å². The maximum atomic E-state index is 12.8. The zero-order valence-corrected chi connectivity index (χ0v) is 15.8. The van der Waals surface area contributed by atoms with Crippen LogP contribution in [0.4, 0.5) is 13.2 Å². The van der Waals surface area contributed by atoms with Crippen molar-refractivity contribution in [2.45, 2.75) is 38.2 Å². The standard InChI is InChI=1S/C20H20ClF3N2O2/c21-17-10-16(28-12-13-3-1-4-15(9-13)20(22,23)24)7-6-14(17)11-26-8-2-5-18(26)19(25)27/h1,3-4,6-7,9-10,18H,2,5,8,11-12H2,(H2,25,27). The molecule has 150 valence electrons. The SMILES string of the molecule is NC(=O)C1CCCN1Cc1ccc(OCc2cccc(C(F)(F)F)c2)cc1Cl. The molecule has 1 fully saturated rings. The molecule has 1 amide bonds. The van der Waals surface area contributed by atoms with Gasteiger partial charge >= 0.3 is 6.18 Å². The summed E-state index contributed by atoms with van der Waals surface area (Å²) in [7, 11) is 0. The van der Waals surface area contributed by atoms with Crippen molar-refractivity contribution >= 4 is 17.5 Å². The van der Waals surface area contributed by atoms with Crippen molar-refractivity contribution < 1.29 is 22.7 Å². The van der Waals surface area contributed by atoms with Crippen molar-refractivity contribution in [3.8, 4) is 5.75 Å². The average Bonchev–Trinajstić information content (AvgIpc) is 3.10. The highest BCUT2D eigenvalue weighted by Gasteiger charge is 2.30. The molecule has 28 heavy (non-hydrogen) atoms. The highest BCUT2D eigenvalue weighted by atomic mass is 35.5. The molecule has 3 rings (SSSR count). The first-order chi connectivity index (χ1) is 13.2. The number of amides is 1. The van der Waals surface area contributed by atoms with Crippen molar-refractivity contribution in [3.05, 3.63) is 64.2 Å². The molecule has 0 aliphatic carbocycles. The van der Waals surface area contributed by atoms with Crippen LogP contribution in [0.3, 0.4) is 0 Å². The number of halogens is 4. The molecular formula is C20H20ClF3N2O2. The number of primary amides is 1. The van der Waals surface area contributed by atoms with Gasteiger partial charge in [-0.05, 0) is 54.8 Å². The Labute approximate surface area is 166 Å². The lowest BCUT2D eigenvalue weighted by Gasteiger charge is -2.22. The first-order valence-corrected chi connectivity index (χ1v) is 9.22. The third-order valence-corrected chi connectivity index (χ3v) is 5.10. The maximum absolute atomic E-state index is 12.8. The lowest BCUT2D eigenvalue weighted by molar-refractivity contribution is -0.137. The van der Waals surface area contributed by atoms with Gasteiger partial charge in [-0.3, -0.25) is 9.69 Å². The van der Waals surface area contributed by atoms with Crippen molar-refractivity contribution in [3.63, 3.8) is 0 Å². The van der Waals surface area contributed by atoms with E-state index in [9.17, 15) is 18.0 Å². The van der Waals surface area contributed by atoms with Gasteiger partial charge in [0.2, 0.25) is 5.91 Å². The van der Waals surface area contributed by atoms with Gasteiger partial charge < -0.3 is 10.5 Å². The summed E-state index contributed by atoms with van der Waals surface area (Å²) in [6.07, 6.45) is -2.74. The van der Waals surface area contributed by atoms with Gasteiger partial charge in [-0.1, -0.05) is 29.8 Å². The van der Waals surface area contributed by atoms with E-state index in [1.54, 1.807) is 24.3 Å². The first kappa shape index (κ1) is 20.5. The molecule has 0 bridgehead atoms. The maximum Gasteiger partial charge on any atom is 0.416 e. The highest BCUT2D eigenvalue weighted by molar-refractivity contribution is 6.31. The molecule has 2 aromatic rings. The molecule has 2 aromatic carbocycles. The van der Waals surface area contributed by atoms with Gasteiger partial charge in [0.1, 0.15) is 12.4 Å². The number of likely N-dealkylation sites (tertiary alicyclic amines) is 1. The molecule has 8 heteroatoms. The summed E-state index contributed by atoms with van der Waals surface area (Å²) in [4.78, 5) is 13.5. The number of alkyl halides is 3. The molecule has 0 aromatic heterocycles. The van der Waals surface area contributed by atoms with Crippen LogP contribution in [-0.2, 0) is 24.1 Å². The second-order valence-electron chi connectivity index (χ2n) is 6.77. The number of ether oxygens (including phenoxy) is 1. The van der Waals surface area contributed by atoms with Crippen molar-refractivity contribution in [2.75, 3.05) is 6.54 Å². The fourth-order valence-electron chi connectivity index (χ4n) is 3.31. The van der Waals surface area contributed by atoms with Crippen LogP contribution >= 0.6 is 11.6 Å². The molecule has 4 nitrogen and oxygen atoms in total. The van der Waals surface area contributed by atoms with Gasteiger partial charge in [0.05, 0.1) is 11.6 Å². The summed E-state index contributed by atoms with van der Waals surface area (Å²) < 4.78 is 43.9. The molecular weight excluding hydrogens is 393 g/mol. The lowest BCUT2D eigenvalue weighted by atomic mass is 10.1. The van der Waals surface area contributed by atoms with E-state index < -0.39 is 11.7 Å². The summed E-state index contributed by atoms with van der Waals surface area (Å²) in [5.74, 6) is 0.119. The van der Waals surface area contributed by atoms with E-state index in [-0.39, 0.29) is 18.6 Å². The number of carbonyl (C=O) groups is 1. The van der Waals surface area contributed by atoms with Crippen LogP contribution in [0.1, 0.15) is 29.5 Å². The van der Waals surface area contributed by atoms with Gasteiger partial charge in [-0.2, -0.15) is 13.2 Å². The number of nitrogens with zero attached hydrogens (tertiary/aromatic N) is 1. The van der Waals surface area contributed by atoms with Gasteiger partial charge in [-0.15, -0.1) is 0 Å². The summed E-state index contributed by atoms with van der Waals surface area (Å²) >= 11 is 6.33. The molecule has 0 radical (unpaired) electrons. The molecule has 0 saturated carbocycles. The van der Waals surface area contributed by atoms with Crippen molar-refractivity contribution in [2.24, 2.45) is 5.73 Å². The van der Waals surface area contributed by atoms with Crippen LogP contribution < -0.4 is 10.5 Å². The van der Waals surface area contributed by atoms with E-state index in [2.05, 4.69) is 0 Å². The van der Waals surface area contributed by atoms with E-state index in [1.165, 1.54) is 6.07 Å². The second-order valence-corrected chi connectivity index (χ2v) is 7.18. The van der Waals surface area contributed by atoms with E-state index >= 15 is 0 Å². The predicted octanol–water partition coefficient (Wildman–Crippen LogP) is 4.39. The van der Waals surface area contributed by atoms with Gasteiger partial charge in [0.25, 0.3) is 0 Å². The van der Waals surface area contributed by atoms with Gasteiger partial charge in [0.15, 0.2) is 0 Å². The number of rotatable bonds is 6. The van der Waals surface area contributed by atoms with Crippen molar-refractivity contribution in [1.82, 2.24) is 4.90 Å². The number of hydrogen-bond acceptors (Lipinski definition) is 3. The Bertz CT molecular complexity index is 858. The molecule has 1 atom stereocenters. The quantitative estimate of drug-likeness (QED) is 0.765. The summed E-state index contributed by atoms with van der Waals surface area (Å²) in [6.45, 7) is 1.27. The first-order valence-electron chi connectivity index (χ1n) is 8.85. The van der Waals surface area contributed by atoms with Crippen LogP contribution in [0.15, 0.2) is 42.5 Å². The smallest absolute Gasteiger partial charge is 0.416 e. The van der Waals surface area contributed by atoms with Crippen LogP contribution in [0.25, 0.3) is 0 Å². The Morgan fingerprint density at radius 3 is 2.71 bits per heavy atom. The summed E-state index contributed by atoms with van der Waals surface area (Å²) in [5, 5.41) is 0.469. The molecule has 1 aliphatic rings. The minimum absolute atomic E-state index is 0.00449. The van der Waals surface area contributed by atoms with Crippen LogP contribution in [0, 0.1) is 0 Å². The molecule has 1 saturated heterocycles. The zero-order valence-electron chi connectivity index (χ0n) is 15.0. The normalized spacial score (nSPS) is 17.6. The Hall–Kier alpha value is -2.25. The second kappa shape index (κ2) is 8.41. The molecule has 1 heterocycles. The van der Waals surface area contributed by atoms with E-state index in [0.717, 1.165) is 37.1 Å². The third-order valence-electron chi connectivity index (χ3n) is 4.75. The monoisotopic (exact) mass is 412 g/mol. The van der Waals surface area contributed by atoms with E-state index in [4.69, 9.17) is 22.1 Å². The molecule has 0 spiro atoms. The van der Waals surface area contributed by atoms with Crippen LogP contribution in [0.5, 0.6) is 5.75 Å². The van der Waals surface area contributed by atoms with Crippen LogP contribution in [0.2, 0.25) is 5.02 Å². The summed E-state index contributed by atoms with van der Waals surface area (Å²) in [6, 6.07) is 9.85. The molecule has 1 aliphatic heterocycles. The van der Waals surface area contributed by atoms with Gasteiger partial charge in [0, 0.05) is 11.6 Å². The Morgan fingerprint density at radius 2 is 2.04 bits per heavy atom. The zero-order chi connectivity index (χ0) is 20.3. The largest absolute Gasteiger partial charge is 0.489 e. The van der Waals surface area contributed by atoms with E-state index in [1.807, 2.05) is 4.90 Å². The molecule has 1 unspecified atom stereocenters. The number of benzene rings is 2. The number of hydrogen-bond donors (Lipinski definition) is 1. The Morgan fingerprint density at radius 1 is 1.25 bits per heavy atom. The topological polar surface area (TPSA) is 55.6 Å². The van der Waals surface area contributed by atoms with Crippen LogP contribution in [-0.4, -0.2) is 23.4 Å². The highest BCUT2D eigenvalue weighted by Crippen LogP contribution is 2.30. The minimum Gasteiger partial charge on any atom is -0.489 e. The Kier molecular flexibility index (Phi) is 6.15. The molecule has 2 N–H and O–H groups in total.